The summed E-state index contributed by atoms with van der Waals surface area (Å²) in [6.45, 7) is 1.93. The van der Waals surface area contributed by atoms with E-state index in [0.717, 1.165) is 40.6 Å². The summed E-state index contributed by atoms with van der Waals surface area (Å²) in [6, 6.07) is 2.65. The largest absolute Gasteiger partial charge is 1.00 e. The Balaban J connectivity index is 0.00000320. The maximum atomic E-state index is 13.9. The quantitative estimate of drug-likeness (QED) is 0.0420. The fourth-order valence-corrected chi connectivity index (χ4v) is 9.55. The summed E-state index contributed by atoms with van der Waals surface area (Å²) >= 11 is 3.32. The van der Waals surface area contributed by atoms with E-state index in [1.807, 2.05) is 4.90 Å². The number of rotatable bonds is 13. The molecule has 2 fully saturated rings. The molecule has 3 aliphatic rings. The number of H-pyrrole nitrogens is 1. The smallest absolute Gasteiger partial charge is 0.550 e. The zero-order valence-corrected chi connectivity index (χ0v) is 37.1. The first kappa shape index (κ1) is 45.0. The summed E-state index contributed by atoms with van der Waals surface area (Å²) in [5, 5.41) is 45.2. The van der Waals surface area contributed by atoms with E-state index >= 15 is 0 Å². The number of anilines is 1. The Labute approximate surface area is 384 Å². The zero-order chi connectivity index (χ0) is 39.7. The van der Waals surface area contributed by atoms with Crippen molar-refractivity contribution < 1.29 is 103 Å². The van der Waals surface area contributed by atoms with Gasteiger partial charge in [0, 0.05) is 62.5 Å². The molecule has 0 aliphatic carbocycles. The van der Waals surface area contributed by atoms with E-state index in [1.54, 1.807) is 4.90 Å². The number of carbonyl (C=O) groups excluding carboxylic acids is 6. The van der Waals surface area contributed by atoms with Crippen LogP contribution in [-0.2, 0) is 30.4 Å². The first-order valence-electron chi connectivity index (χ1n) is 16.7. The Kier molecular flexibility index (Phi) is 15.0. The van der Waals surface area contributed by atoms with Crippen molar-refractivity contribution in [2.75, 3.05) is 42.6 Å². The number of thioether (sulfide) groups is 2. The predicted octanol–water partition coefficient (Wildman–Crippen LogP) is -8.88. The van der Waals surface area contributed by atoms with Crippen LogP contribution in [0.2, 0.25) is 0 Å². The summed E-state index contributed by atoms with van der Waals surface area (Å²) in [6.07, 6.45) is 2.79. The summed E-state index contributed by atoms with van der Waals surface area (Å²) in [5.41, 5.74) is -0.734. The second-order valence-corrected chi connectivity index (χ2v) is 15.9. The number of hydrogen-bond acceptors (Lipinski definition) is 18. The number of piperazine rings is 1. The van der Waals surface area contributed by atoms with Gasteiger partial charge in [-0.05, 0) is 23.3 Å². The van der Waals surface area contributed by atoms with Crippen LogP contribution in [0.1, 0.15) is 27.0 Å². The zero-order valence-electron chi connectivity index (χ0n) is 30.7. The normalized spacial score (nSPS) is 17.9. The van der Waals surface area contributed by atoms with E-state index in [9.17, 15) is 48.9 Å². The van der Waals surface area contributed by atoms with Gasteiger partial charge in [-0.1, -0.05) is 35.2 Å². The maximum absolute atomic E-state index is 13.9. The summed E-state index contributed by atoms with van der Waals surface area (Å²) < 4.78 is 0.385. The van der Waals surface area contributed by atoms with E-state index in [2.05, 4.69) is 35.8 Å². The number of phenolic OH excluding ortho intramolecular Hbond substituents is 1. The molecule has 0 bridgehead atoms. The van der Waals surface area contributed by atoms with Gasteiger partial charge in [0.25, 0.3) is 11.8 Å². The summed E-state index contributed by atoms with van der Waals surface area (Å²) in [5.74, 6) is -5.04. The van der Waals surface area contributed by atoms with E-state index in [4.69, 9.17) is 0 Å². The monoisotopic (exact) mass is 866 g/mol. The van der Waals surface area contributed by atoms with Gasteiger partial charge < -0.3 is 50.3 Å². The Hall–Kier alpha value is -4.07. The van der Waals surface area contributed by atoms with Gasteiger partial charge in [0.15, 0.2) is 4.34 Å². The molecule has 6 heterocycles. The number of aromatic nitrogens is 5. The van der Waals surface area contributed by atoms with Gasteiger partial charge in [-0.3, -0.25) is 28.9 Å². The topological polar surface area (TPSA) is 287 Å². The number of β-lactam (4-membered cyclic amide) rings is 1. The van der Waals surface area contributed by atoms with Crippen LogP contribution in [0.15, 0.2) is 57.1 Å². The molecule has 58 heavy (non-hydrogen) atoms. The van der Waals surface area contributed by atoms with Crippen LogP contribution < -0.4 is 90.3 Å². The van der Waals surface area contributed by atoms with E-state index in [1.165, 1.54) is 42.2 Å². The third-order valence-corrected chi connectivity index (χ3v) is 12.5. The molecule has 0 saturated carbocycles. The SMILES string of the molecule is O=CN1CCN(c2ncc3c(=O)c(C(=O)NC(C(=O)NC4C(=O)N5C(C(=O)[O-])=C(CSc6nnc(CC(=O)[O-])s6)CSC45)c4ccc(O)cc4)c[nH]c3n2)CC1.[Na+].[Na+]. The van der Waals surface area contributed by atoms with Crippen LogP contribution in [-0.4, -0.2) is 125 Å². The average Bonchev–Trinajstić information content (AvgIpc) is 3.64. The van der Waals surface area contributed by atoms with Crippen molar-refractivity contribution in [2.45, 2.75) is 28.2 Å². The van der Waals surface area contributed by atoms with Crippen molar-refractivity contribution in [1.82, 2.24) is 45.6 Å². The number of nitrogens with zero attached hydrogens (tertiary/aromatic N) is 7. The number of phenols is 1. The number of carboxylic acids is 2. The number of aliphatic carboxylic acids is 2. The van der Waals surface area contributed by atoms with Gasteiger partial charge in [0.2, 0.25) is 23.7 Å². The number of fused-ring (bicyclic) bond motifs is 2. The van der Waals surface area contributed by atoms with Gasteiger partial charge >= 0.3 is 59.1 Å². The number of nitrogens with one attached hydrogen (secondary N) is 3. The van der Waals surface area contributed by atoms with Crippen LogP contribution in [0.5, 0.6) is 5.75 Å². The van der Waals surface area contributed by atoms with Crippen molar-refractivity contribution in [1.29, 1.82) is 0 Å². The van der Waals surface area contributed by atoms with Crippen LogP contribution in [0, 0.1) is 0 Å². The minimum atomic E-state index is -1.60. The van der Waals surface area contributed by atoms with Gasteiger partial charge in [0.1, 0.15) is 39.4 Å². The third-order valence-electron chi connectivity index (χ3n) is 9.03. The number of aromatic amines is 1. The molecule has 0 radical (unpaired) electrons. The first-order chi connectivity index (χ1) is 26.9. The number of hydrogen-bond donors (Lipinski definition) is 4. The van der Waals surface area contributed by atoms with Crippen LogP contribution in [0.25, 0.3) is 11.0 Å². The number of amides is 4. The molecule has 0 spiro atoms. The maximum Gasteiger partial charge on any atom is 1.00 e. The van der Waals surface area contributed by atoms with Crippen molar-refractivity contribution >= 4 is 87.9 Å². The first-order valence-corrected chi connectivity index (χ1v) is 19.5. The van der Waals surface area contributed by atoms with Crippen LogP contribution in [0.3, 0.4) is 0 Å². The molecule has 3 aromatic heterocycles. The number of aromatic hydroxyl groups is 1. The van der Waals surface area contributed by atoms with Crippen LogP contribution in [0.4, 0.5) is 5.95 Å². The van der Waals surface area contributed by atoms with Gasteiger partial charge in [0.05, 0.1) is 17.1 Å². The van der Waals surface area contributed by atoms with Crippen molar-refractivity contribution in [2.24, 2.45) is 0 Å². The Morgan fingerprint density at radius 1 is 1.07 bits per heavy atom. The summed E-state index contributed by atoms with van der Waals surface area (Å²) in [4.78, 5) is 105. The third kappa shape index (κ3) is 9.52. The minimum absolute atomic E-state index is 0. The molecule has 3 aliphatic heterocycles. The number of pyridine rings is 1. The molecular formula is C33H28N10Na2O10S3. The minimum Gasteiger partial charge on any atom is -0.550 e. The van der Waals surface area contributed by atoms with E-state index in [-0.39, 0.29) is 109 Å². The summed E-state index contributed by atoms with van der Waals surface area (Å²) in [7, 11) is 0. The fraction of sp³-hybridized carbons (Fsp3) is 0.303. The second-order valence-electron chi connectivity index (χ2n) is 12.5. The molecule has 2 saturated heterocycles. The van der Waals surface area contributed by atoms with Crippen molar-refractivity contribution in [3.63, 3.8) is 0 Å². The van der Waals surface area contributed by atoms with E-state index < -0.39 is 59.0 Å². The number of carbonyl (C=O) groups is 6. The molecule has 290 valence electrons. The number of benzene rings is 1. The molecular weight excluding hydrogens is 839 g/mol. The standard InChI is InChI=1S/C33H30N10O10S3.2Na/c44-14-41-5-7-42(8-6-41)32-35-10-18-25(48)19(11-34-26(18)38-32)27(49)36-22(15-1-3-17(45)4-2-15)28(50)37-23-29(51)43-24(31(52)53)16(12-54-30(23)43)13-55-33-40-39-20(56-33)9-21(46)47;;/h1-4,10-11,14,22-23,30,45H,5-9,12-13H2,(H,36,49)(H,37,50)(H,46,47)(H,52,53)(H,34,35,38,48);;/q;2*+1/p-2. The molecule has 4 aromatic rings. The van der Waals surface area contributed by atoms with Crippen molar-refractivity contribution in [3.8, 4) is 5.75 Å². The van der Waals surface area contributed by atoms with Gasteiger partial charge in [-0.2, -0.15) is 4.98 Å². The van der Waals surface area contributed by atoms with Crippen LogP contribution >= 0.6 is 34.9 Å². The molecule has 4 amide bonds. The van der Waals surface area contributed by atoms with Gasteiger partial charge in [-0.25, -0.2) is 4.98 Å². The molecule has 25 heteroatoms. The Morgan fingerprint density at radius 3 is 2.47 bits per heavy atom. The van der Waals surface area contributed by atoms with Gasteiger partial charge in [-0.15, -0.1) is 22.0 Å². The molecule has 3 unspecified atom stereocenters. The Bertz CT molecular complexity index is 2360. The number of carboxylic acid groups (broad SMARTS) is 2. The fourth-order valence-electron chi connectivity index (χ4n) is 6.18. The molecule has 3 atom stereocenters. The predicted molar refractivity (Wildman–Crippen MR) is 195 cm³/mol. The molecule has 1 aromatic carbocycles. The molecule has 20 nitrogen and oxygen atoms in total. The second kappa shape index (κ2) is 19.3. The Morgan fingerprint density at radius 2 is 1.79 bits per heavy atom. The average molecular weight is 867 g/mol. The van der Waals surface area contributed by atoms with E-state index in [0.29, 0.717) is 42.0 Å². The molecule has 7 rings (SSSR count). The van der Waals surface area contributed by atoms with Crippen molar-refractivity contribution in [3.05, 3.63) is 74.3 Å². The molecule has 4 N–H and O–H groups in total.